The molecular weight excluding hydrogens is 222 g/mol. The maximum atomic E-state index is 13.8. The summed E-state index contributed by atoms with van der Waals surface area (Å²) in [6.07, 6.45) is 1.85. The Bertz CT molecular complexity index is 252. The molecule has 0 aliphatic carbocycles. The number of alkyl halides is 2. The Morgan fingerprint density at radius 3 is 2.53 bits per heavy atom. The SMILES string of the molecule is C=CN(C(=C)C)C1CNCCCC1(F)F.CC. The summed E-state index contributed by atoms with van der Waals surface area (Å²) in [5.41, 5.74) is 0.596. The number of allylic oxidation sites excluding steroid dienone is 1. The monoisotopic (exact) mass is 246 g/mol. The molecule has 0 bridgehead atoms. The van der Waals surface area contributed by atoms with Crippen LogP contribution in [0.2, 0.25) is 0 Å². The third kappa shape index (κ3) is 4.46. The largest absolute Gasteiger partial charge is 0.343 e. The third-order valence-corrected chi connectivity index (χ3v) is 2.66. The summed E-state index contributed by atoms with van der Waals surface area (Å²) in [5.74, 6) is -2.68. The quantitative estimate of drug-likeness (QED) is 0.821. The molecule has 0 aromatic heterocycles. The topological polar surface area (TPSA) is 15.3 Å². The normalized spacial score (nSPS) is 22.8. The zero-order valence-corrected chi connectivity index (χ0v) is 11.1. The lowest BCUT2D eigenvalue weighted by molar-refractivity contribution is -0.0626. The molecule has 1 heterocycles. The Morgan fingerprint density at radius 1 is 1.47 bits per heavy atom. The highest BCUT2D eigenvalue weighted by Gasteiger charge is 2.42. The highest BCUT2D eigenvalue weighted by atomic mass is 19.3. The molecule has 100 valence electrons. The van der Waals surface area contributed by atoms with Crippen molar-refractivity contribution in [3.05, 3.63) is 25.1 Å². The van der Waals surface area contributed by atoms with Gasteiger partial charge in [-0.1, -0.05) is 27.0 Å². The van der Waals surface area contributed by atoms with Gasteiger partial charge >= 0.3 is 0 Å². The Kier molecular flexibility index (Phi) is 7.04. The van der Waals surface area contributed by atoms with Gasteiger partial charge in [0.1, 0.15) is 6.04 Å². The average molecular weight is 246 g/mol. The zero-order valence-electron chi connectivity index (χ0n) is 11.1. The van der Waals surface area contributed by atoms with Gasteiger partial charge in [0.15, 0.2) is 0 Å². The van der Waals surface area contributed by atoms with Crippen LogP contribution in [0, 0.1) is 0 Å². The number of nitrogens with one attached hydrogen (secondary N) is 1. The summed E-state index contributed by atoms with van der Waals surface area (Å²) in [6.45, 7) is 13.9. The molecular formula is C13H24F2N2. The van der Waals surface area contributed by atoms with Crippen LogP contribution < -0.4 is 5.32 Å². The molecule has 1 unspecified atom stereocenters. The summed E-state index contributed by atoms with van der Waals surface area (Å²) in [7, 11) is 0. The molecule has 17 heavy (non-hydrogen) atoms. The maximum Gasteiger partial charge on any atom is 0.269 e. The Morgan fingerprint density at radius 2 is 2.06 bits per heavy atom. The molecule has 1 aliphatic heterocycles. The average Bonchev–Trinajstić information content (AvgIpc) is 2.44. The van der Waals surface area contributed by atoms with E-state index in [1.807, 2.05) is 13.8 Å². The maximum absolute atomic E-state index is 13.8. The molecule has 1 fully saturated rings. The van der Waals surface area contributed by atoms with Crippen molar-refractivity contribution in [1.82, 2.24) is 10.2 Å². The van der Waals surface area contributed by atoms with Crippen LogP contribution in [-0.2, 0) is 0 Å². The van der Waals surface area contributed by atoms with Crippen LogP contribution in [0.3, 0.4) is 0 Å². The standard InChI is InChI=1S/C11H18F2N2.C2H6/c1-4-15(9(2)3)10-8-14-7-5-6-11(10,12)13;1-2/h4,10,14H,1-2,5-8H2,3H3;1-2H3. The van der Waals surface area contributed by atoms with Gasteiger partial charge in [-0.15, -0.1) is 0 Å². The smallest absolute Gasteiger partial charge is 0.269 e. The summed E-state index contributed by atoms with van der Waals surface area (Å²) in [6, 6.07) is -0.866. The van der Waals surface area contributed by atoms with Crippen molar-refractivity contribution in [2.24, 2.45) is 0 Å². The molecule has 1 N–H and O–H groups in total. The first kappa shape index (κ1) is 16.1. The highest BCUT2D eigenvalue weighted by molar-refractivity contribution is 5.03. The fraction of sp³-hybridized carbons (Fsp3) is 0.692. The van der Waals surface area contributed by atoms with Gasteiger partial charge in [-0.05, 0) is 26.1 Å². The number of hydrogen-bond acceptors (Lipinski definition) is 2. The predicted octanol–water partition coefficient (Wildman–Crippen LogP) is 3.38. The number of hydrogen-bond donors (Lipinski definition) is 1. The minimum atomic E-state index is -2.68. The van der Waals surface area contributed by atoms with Gasteiger partial charge in [-0.2, -0.15) is 0 Å². The minimum Gasteiger partial charge on any atom is -0.343 e. The second-order valence-electron chi connectivity index (χ2n) is 3.91. The van der Waals surface area contributed by atoms with Gasteiger partial charge in [0.25, 0.3) is 5.92 Å². The van der Waals surface area contributed by atoms with Crippen LogP contribution in [0.25, 0.3) is 0 Å². The molecule has 1 saturated heterocycles. The molecule has 0 aromatic carbocycles. The van der Waals surface area contributed by atoms with Crippen molar-refractivity contribution < 1.29 is 8.78 Å². The number of rotatable bonds is 3. The van der Waals surface area contributed by atoms with Crippen LogP contribution in [0.5, 0.6) is 0 Å². The molecule has 0 spiro atoms. The van der Waals surface area contributed by atoms with E-state index in [0.29, 0.717) is 18.7 Å². The number of nitrogens with zero attached hydrogens (tertiary/aromatic N) is 1. The lowest BCUT2D eigenvalue weighted by Gasteiger charge is -2.34. The summed E-state index contributed by atoms with van der Waals surface area (Å²) >= 11 is 0. The van der Waals surface area contributed by atoms with E-state index in [1.54, 1.807) is 6.92 Å². The van der Waals surface area contributed by atoms with Crippen molar-refractivity contribution in [3.63, 3.8) is 0 Å². The van der Waals surface area contributed by atoms with Crippen molar-refractivity contribution in [2.75, 3.05) is 13.1 Å². The van der Waals surface area contributed by atoms with Crippen LogP contribution in [-0.4, -0.2) is 30.0 Å². The highest BCUT2D eigenvalue weighted by Crippen LogP contribution is 2.31. The van der Waals surface area contributed by atoms with Crippen LogP contribution >= 0.6 is 0 Å². The lowest BCUT2D eigenvalue weighted by atomic mass is 10.0. The molecule has 1 atom stereocenters. The van der Waals surface area contributed by atoms with E-state index in [2.05, 4.69) is 18.5 Å². The van der Waals surface area contributed by atoms with Gasteiger partial charge in [0, 0.05) is 18.7 Å². The minimum absolute atomic E-state index is 0.0811. The Hall–Kier alpha value is -0.900. The van der Waals surface area contributed by atoms with Gasteiger partial charge in [-0.3, -0.25) is 0 Å². The fourth-order valence-corrected chi connectivity index (χ4v) is 1.85. The van der Waals surface area contributed by atoms with Crippen LogP contribution in [0.4, 0.5) is 8.78 Å². The second kappa shape index (κ2) is 7.43. The van der Waals surface area contributed by atoms with Crippen molar-refractivity contribution in [3.8, 4) is 0 Å². The van der Waals surface area contributed by atoms with Gasteiger partial charge in [-0.25, -0.2) is 8.78 Å². The van der Waals surface area contributed by atoms with Crippen molar-refractivity contribution in [2.45, 2.75) is 45.6 Å². The van der Waals surface area contributed by atoms with E-state index in [4.69, 9.17) is 0 Å². The molecule has 1 aliphatic rings. The van der Waals surface area contributed by atoms with E-state index in [0.717, 1.165) is 0 Å². The van der Waals surface area contributed by atoms with E-state index < -0.39 is 12.0 Å². The van der Waals surface area contributed by atoms with Crippen LogP contribution in [0.15, 0.2) is 25.1 Å². The van der Waals surface area contributed by atoms with E-state index in [-0.39, 0.29) is 13.0 Å². The first-order valence-corrected chi connectivity index (χ1v) is 6.14. The number of halogens is 2. The Balaban J connectivity index is 0.00000121. The van der Waals surface area contributed by atoms with E-state index >= 15 is 0 Å². The van der Waals surface area contributed by atoms with E-state index in [1.165, 1.54) is 11.1 Å². The van der Waals surface area contributed by atoms with Gasteiger partial charge < -0.3 is 10.2 Å². The zero-order chi connectivity index (χ0) is 13.5. The first-order chi connectivity index (χ1) is 7.99. The molecule has 4 heteroatoms. The molecule has 0 saturated carbocycles. The molecule has 0 amide bonds. The molecule has 0 aromatic rings. The molecule has 0 radical (unpaired) electrons. The van der Waals surface area contributed by atoms with Gasteiger partial charge in [0.2, 0.25) is 0 Å². The second-order valence-corrected chi connectivity index (χ2v) is 3.91. The van der Waals surface area contributed by atoms with Crippen molar-refractivity contribution in [1.29, 1.82) is 0 Å². The van der Waals surface area contributed by atoms with Crippen molar-refractivity contribution >= 4 is 0 Å². The molecule has 1 rings (SSSR count). The Labute approximate surface area is 103 Å². The van der Waals surface area contributed by atoms with Crippen LogP contribution in [0.1, 0.15) is 33.6 Å². The third-order valence-electron chi connectivity index (χ3n) is 2.66. The predicted molar refractivity (Wildman–Crippen MR) is 69.0 cm³/mol. The fourth-order valence-electron chi connectivity index (χ4n) is 1.85. The summed E-state index contributed by atoms with van der Waals surface area (Å²) in [5, 5.41) is 3.01. The first-order valence-electron chi connectivity index (χ1n) is 6.14. The molecule has 2 nitrogen and oxygen atoms in total. The van der Waals surface area contributed by atoms with E-state index in [9.17, 15) is 8.78 Å². The summed E-state index contributed by atoms with van der Waals surface area (Å²) in [4.78, 5) is 1.46. The lowest BCUT2D eigenvalue weighted by Crippen LogP contribution is -2.48. The van der Waals surface area contributed by atoms with Gasteiger partial charge in [0.05, 0.1) is 0 Å². The summed E-state index contributed by atoms with van der Waals surface area (Å²) < 4.78 is 27.5.